The number of rotatable bonds is 3. The van der Waals surface area contributed by atoms with Crippen molar-refractivity contribution in [2.24, 2.45) is 5.41 Å². The van der Waals surface area contributed by atoms with Gasteiger partial charge in [0.05, 0.1) is 0 Å². The molecule has 0 amide bonds. The van der Waals surface area contributed by atoms with Gasteiger partial charge in [-0.15, -0.1) is 0 Å². The maximum atomic E-state index is 5.93. The van der Waals surface area contributed by atoms with Gasteiger partial charge < -0.3 is 5.32 Å². The van der Waals surface area contributed by atoms with Crippen molar-refractivity contribution in [2.75, 3.05) is 11.5 Å². The van der Waals surface area contributed by atoms with E-state index >= 15 is 0 Å². The first-order valence-electron chi connectivity index (χ1n) is 6.58. The largest absolute Gasteiger partial charge is 0.306 e. The fraction of sp³-hybridized carbons (Fsp3) is 0.600. The van der Waals surface area contributed by atoms with Crippen molar-refractivity contribution in [3.63, 3.8) is 0 Å². The molecule has 1 nitrogen and oxygen atoms in total. The van der Waals surface area contributed by atoms with E-state index in [2.05, 4.69) is 50.0 Å². The van der Waals surface area contributed by atoms with E-state index in [0.717, 1.165) is 5.02 Å². The number of hydrogen-bond donors (Lipinski definition) is 1. The molecular formula is C15H22ClNS. The lowest BCUT2D eigenvalue weighted by atomic mass is 9.81. The minimum atomic E-state index is 0.380. The van der Waals surface area contributed by atoms with Crippen LogP contribution in [-0.2, 0) is 0 Å². The third-order valence-corrected chi connectivity index (χ3v) is 5.25. The van der Waals surface area contributed by atoms with Crippen LogP contribution < -0.4 is 5.32 Å². The van der Waals surface area contributed by atoms with E-state index in [1.165, 1.54) is 23.5 Å². The van der Waals surface area contributed by atoms with Crippen LogP contribution in [0, 0.1) is 5.41 Å². The van der Waals surface area contributed by atoms with Gasteiger partial charge in [0.1, 0.15) is 0 Å². The van der Waals surface area contributed by atoms with Crippen molar-refractivity contribution in [3.8, 4) is 0 Å². The van der Waals surface area contributed by atoms with Gasteiger partial charge in [0, 0.05) is 22.9 Å². The molecule has 0 aliphatic carbocycles. The second-order valence-electron chi connectivity index (χ2n) is 5.81. The molecule has 1 saturated heterocycles. The maximum absolute atomic E-state index is 5.93. The van der Waals surface area contributed by atoms with Gasteiger partial charge in [-0.1, -0.05) is 37.6 Å². The highest BCUT2D eigenvalue weighted by Gasteiger charge is 2.33. The number of halogens is 1. The summed E-state index contributed by atoms with van der Waals surface area (Å²) in [7, 11) is 0. The Morgan fingerprint density at radius 2 is 2.00 bits per heavy atom. The molecule has 0 bridgehead atoms. The summed E-state index contributed by atoms with van der Waals surface area (Å²) in [6.45, 7) is 6.98. The van der Waals surface area contributed by atoms with Crippen LogP contribution in [0.1, 0.15) is 38.8 Å². The van der Waals surface area contributed by atoms with Crippen LogP contribution in [0.4, 0.5) is 0 Å². The molecule has 0 radical (unpaired) electrons. The Bertz CT molecular complexity index is 388. The van der Waals surface area contributed by atoms with Crippen molar-refractivity contribution in [1.29, 1.82) is 0 Å². The molecule has 2 atom stereocenters. The van der Waals surface area contributed by atoms with Gasteiger partial charge in [0.25, 0.3) is 0 Å². The van der Waals surface area contributed by atoms with E-state index < -0.39 is 0 Å². The number of hydrogen-bond acceptors (Lipinski definition) is 2. The van der Waals surface area contributed by atoms with Crippen molar-refractivity contribution >= 4 is 23.4 Å². The molecule has 0 saturated carbocycles. The molecule has 1 unspecified atom stereocenters. The third-order valence-electron chi connectivity index (χ3n) is 3.94. The lowest BCUT2D eigenvalue weighted by molar-refractivity contribution is 0.232. The van der Waals surface area contributed by atoms with Gasteiger partial charge in [-0.3, -0.25) is 0 Å². The monoisotopic (exact) mass is 283 g/mol. The zero-order valence-corrected chi connectivity index (χ0v) is 12.9. The lowest BCUT2D eigenvalue weighted by Crippen LogP contribution is -2.47. The second-order valence-corrected chi connectivity index (χ2v) is 7.39. The highest BCUT2D eigenvalue weighted by Crippen LogP contribution is 2.35. The highest BCUT2D eigenvalue weighted by atomic mass is 35.5. The zero-order valence-electron chi connectivity index (χ0n) is 11.4. The first-order chi connectivity index (χ1) is 8.49. The van der Waals surface area contributed by atoms with Gasteiger partial charge >= 0.3 is 0 Å². The standard InChI is InChI=1S/C15H22ClNS/c1-11(12-4-6-13(16)7-5-12)17-14-10-18-9-8-15(14,2)3/h4-7,11,14,17H,8-10H2,1-3H3/t11-,14?/m0/s1. The summed E-state index contributed by atoms with van der Waals surface area (Å²) < 4.78 is 0. The van der Waals surface area contributed by atoms with Crippen LogP contribution in [0.2, 0.25) is 5.02 Å². The quantitative estimate of drug-likeness (QED) is 0.875. The van der Waals surface area contributed by atoms with Crippen molar-refractivity contribution < 1.29 is 0 Å². The van der Waals surface area contributed by atoms with E-state index in [4.69, 9.17) is 11.6 Å². The van der Waals surface area contributed by atoms with Gasteiger partial charge in [-0.25, -0.2) is 0 Å². The summed E-state index contributed by atoms with van der Waals surface area (Å²) in [5.41, 5.74) is 1.71. The van der Waals surface area contributed by atoms with Gasteiger partial charge in [-0.2, -0.15) is 11.8 Å². The number of thioether (sulfide) groups is 1. The summed E-state index contributed by atoms with van der Waals surface area (Å²) in [5.74, 6) is 2.51. The summed E-state index contributed by atoms with van der Waals surface area (Å²) >= 11 is 7.99. The molecule has 0 spiro atoms. The Hall–Kier alpha value is -0.180. The van der Waals surface area contributed by atoms with E-state index in [1.807, 2.05) is 12.1 Å². The molecule has 2 rings (SSSR count). The van der Waals surface area contributed by atoms with E-state index in [-0.39, 0.29) is 0 Å². The molecular weight excluding hydrogens is 262 g/mol. The molecule has 18 heavy (non-hydrogen) atoms. The average Bonchev–Trinajstić information content (AvgIpc) is 2.32. The average molecular weight is 284 g/mol. The molecule has 0 aromatic heterocycles. The molecule has 3 heteroatoms. The first-order valence-corrected chi connectivity index (χ1v) is 8.11. The highest BCUT2D eigenvalue weighted by molar-refractivity contribution is 7.99. The van der Waals surface area contributed by atoms with Gasteiger partial charge in [0.15, 0.2) is 0 Å². The molecule has 1 aromatic carbocycles. The fourth-order valence-corrected chi connectivity index (χ4v) is 4.11. The Balaban J connectivity index is 2.02. The Morgan fingerprint density at radius 1 is 1.33 bits per heavy atom. The minimum Gasteiger partial charge on any atom is -0.306 e. The van der Waals surface area contributed by atoms with Crippen molar-refractivity contribution in [1.82, 2.24) is 5.32 Å². The van der Waals surface area contributed by atoms with Crippen molar-refractivity contribution in [3.05, 3.63) is 34.9 Å². The normalized spacial score (nSPS) is 24.8. The third kappa shape index (κ3) is 3.43. The molecule has 1 N–H and O–H groups in total. The predicted molar refractivity (Wildman–Crippen MR) is 82.5 cm³/mol. The van der Waals surface area contributed by atoms with Crippen LogP contribution in [-0.4, -0.2) is 17.5 Å². The SMILES string of the molecule is C[C@H](NC1CSCCC1(C)C)c1ccc(Cl)cc1. The minimum absolute atomic E-state index is 0.380. The molecule has 1 aromatic rings. The molecule has 100 valence electrons. The Labute approximate surface area is 120 Å². The van der Waals surface area contributed by atoms with E-state index in [9.17, 15) is 0 Å². The number of nitrogens with one attached hydrogen (secondary N) is 1. The van der Waals surface area contributed by atoms with Crippen LogP contribution in [0.25, 0.3) is 0 Å². The number of benzene rings is 1. The molecule has 1 fully saturated rings. The topological polar surface area (TPSA) is 12.0 Å². The summed E-state index contributed by atoms with van der Waals surface area (Å²) in [5, 5.41) is 4.59. The first kappa shape index (κ1) is 14.2. The fourth-order valence-electron chi connectivity index (χ4n) is 2.36. The van der Waals surface area contributed by atoms with Crippen LogP contribution in [0.5, 0.6) is 0 Å². The van der Waals surface area contributed by atoms with Gasteiger partial charge in [-0.05, 0) is 42.2 Å². The van der Waals surface area contributed by atoms with Crippen LogP contribution in [0.15, 0.2) is 24.3 Å². The van der Waals surface area contributed by atoms with Crippen molar-refractivity contribution in [2.45, 2.75) is 39.3 Å². The van der Waals surface area contributed by atoms with Crippen LogP contribution in [0.3, 0.4) is 0 Å². The Kier molecular flexibility index (Phi) is 4.63. The van der Waals surface area contributed by atoms with Crippen LogP contribution >= 0.6 is 23.4 Å². The summed E-state index contributed by atoms with van der Waals surface area (Å²) in [6, 6.07) is 9.13. The lowest BCUT2D eigenvalue weighted by Gasteiger charge is -2.40. The summed E-state index contributed by atoms with van der Waals surface area (Å²) in [4.78, 5) is 0. The molecule has 1 heterocycles. The molecule has 1 aliphatic rings. The van der Waals surface area contributed by atoms with E-state index in [0.29, 0.717) is 17.5 Å². The predicted octanol–water partition coefficient (Wildman–Crippen LogP) is 4.52. The zero-order chi connectivity index (χ0) is 13.2. The maximum Gasteiger partial charge on any atom is 0.0406 e. The van der Waals surface area contributed by atoms with E-state index in [1.54, 1.807) is 0 Å². The van der Waals surface area contributed by atoms with Gasteiger partial charge in [0.2, 0.25) is 0 Å². The second kappa shape index (κ2) is 5.85. The smallest absolute Gasteiger partial charge is 0.0406 e. The Morgan fingerprint density at radius 3 is 2.61 bits per heavy atom. The molecule has 1 aliphatic heterocycles. The summed E-state index contributed by atoms with van der Waals surface area (Å²) in [6.07, 6.45) is 1.29.